The van der Waals surface area contributed by atoms with Gasteiger partial charge < -0.3 is 19.8 Å². The summed E-state index contributed by atoms with van der Waals surface area (Å²) >= 11 is 3.20. The molecule has 2 aromatic rings. The van der Waals surface area contributed by atoms with Gasteiger partial charge in [0, 0.05) is 18.2 Å². The number of nitrogens with zero attached hydrogens (tertiary/aromatic N) is 1. The lowest BCUT2D eigenvalue weighted by Gasteiger charge is -2.11. The van der Waals surface area contributed by atoms with Crippen LogP contribution in [0.2, 0.25) is 0 Å². The Hall–Kier alpha value is -2.02. The lowest BCUT2D eigenvalue weighted by atomic mass is 10.2. The number of benzene rings is 1. The summed E-state index contributed by atoms with van der Waals surface area (Å²) in [5.74, 6) is 1.86. The van der Waals surface area contributed by atoms with Crippen molar-refractivity contribution in [1.29, 1.82) is 0 Å². The van der Waals surface area contributed by atoms with Gasteiger partial charge in [0.15, 0.2) is 17.3 Å². The molecule has 1 aliphatic heterocycles. The summed E-state index contributed by atoms with van der Waals surface area (Å²) in [5.41, 5.74) is 0.532. The minimum atomic E-state index is -0.239. The topological polar surface area (TPSA) is 76.2 Å². The number of ether oxygens (including phenoxy) is 2. The minimum Gasteiger partial charge on any atom is -0.490 e. The molecule has 2 heterocycles. The minimum absolute atomic E-state index is 0.239. The first kappa shape index (κ1) is 13.0. The van der Waals surface area contributed by atoms with Gasteiger partial charge in [0.25, 0.3) is 5.56 Å². The molecule has 0 saturated heterocycles. The number of H-pyrrole nitrogens is 1. The summed E-state index contributed by atoms with van der Waals surface area (Å²) < 4.78 is 11.5. The Bertz CT molecular complexity index is 687. The van der Waals surface area contributed by atoms with Gasteiger partial charge in [-0.3, -0.25) is 4.79 Å². The molecule has 0 atom stereocenters. The Kier molecular flexibility index (Phi) is 3.60. The van der Waals surface area contributed by atoms with E-state index in [9.17, 15) is 4.79 Å². The third-order valence-corrected chi connectivity index (χ3v) is 3.54. The molecule has 6 nitrogen and oxygen atoms in total. The van der Waals surface area contributed by atoms with Crippen LogP contribution in [0.3, 0.4) is 0 Å². The van der Waals surface area contributed by atoms with E-state index in [1.807, 2.05) is 18.2 Å². The van der Waals surface area contributed by atoms with Crippen LogP contribution in [-0.2, 0) is 0 Å². The summed E-state index contributed by atoms with van der Waals surface area (Å²) in [6.45, 7) is 1.28. The Morgan fingerprint density at radius 3 is 2.90 bits per heavy atom. The van der Waals surface area contributed by atoms with Crippen LogP contribution in [0.25, 0.3) is 0 Å². The van der Waals surface area contributed by atoms with E-state index in [0.29, 0.717) is 29.3 Å². The highest BCUT2D eigenvalue weighted by Gasteiger charge is 2.12. The van der Waals surface area contributed by atoms with Crippen molar-refractivity contribution in [1.82, 2.24) is 9.97 Å². The van der Waals surface area contributed by atoms with E-state index in [2.05, 4.69) is 31.2 Å². The lowest BCUT2D eigenvalue weighted by molar-refractivity contribution is 0.297. The maximum Gasteiger partial charge on any atom is 0.267 e. The van der Waals surface area contributed by atoms with Crippen LogP contribution < -0.4 is 20.3 Å². The average Bonchev–Trinajstić information content (AvgIpc) is 2.69. The maximum atomic E-state index is 11.5. The standard InChI is InChI=1S/C13H12BrN3O3/c14-11-12(15-7-16-13(11)18)17-8-2-3-9-10(6-8)20-5-1-4-19-9/h2-3,6-7H,1,4-5H2,(H2,15,16,17,18). The number of hydrogen-bond donors (Lipinski definition) is 2. The SMILES string of the molecule is O=c1[nH]cnc(Nc2ccc3c(c2)OCCCO3)c1Br. The average molecular weight is 338 g/mol. The number of hydrogen-bond acceptors (Lipinski definition) is 5. The highest BCUT2D eigenvalue weighted by Crippen LogP contribution is 2.33. The Balaban J connectivity index is 1.90. The van der Waals surface area contributed by atoms with Gasteiger partial charge in [-0.2, -0.15) is 0 Å². The van der Waals surface area contributed by atoms with Crippen LogP contribution in [-0.4, -0.2) is 23.2 Å². The Labute approximate surface area is 123 Å². The molecule has 0 fully saturated rings. The molecule has 1 aromatic carbocycles. The number of nitrogens with one attached hydrogen (secondary N) is 2. The molecule has 1 aliphatic rings. The first-order chi connectivity index (χ1) is 9.74. The highest BCUT2D eigenvalue weighted by atomic mass is 79.9. The van der Waals surface area contributed by atoms with Gasteiger partial charge in [0.2, 0.25) is 0 Å². The van der Waals surface area contributed by atoms with Crippen LogP contribution >= 0.6 is 15.9 Å². The summed E-state index contributed by atoms with van der Waals surface area (Å²) in [7, 11) is 0. The van der Waals surface area contributed by atoms with Gasteiger partial charge in [-0.1, -0.05) is 0 Å². The number of rotatable bonds is 2. The molecule has 0 bridgehead atoms. The first-order valence-electron chi connectivity index (χ1n) is 6.14. The number of aromatic nitrogens is 2. The second-order valence-electron chi connectivity index (χ2n) is 4.23. The van der Waals surface area contributed by atoms with E-state index in [-0.39, 0.29) is 5.56 Å². The Morgan fingerprint density at radius 2 is 2.05 bits per heavy atom. The predicted octanol–water partition coefficient (Wildman–Crippen LogP) is 2.44. The van der Waals surface area contributed by atoms with Gasteiger partial charge >= 0.3 is 0 Å². The molecule has 1 aromatic heterocycles. The number of aromatic amines is 1. The van der Waals surface area contributed by atoms with Crippen molar-refractivity contribution >= 4 is 27.4 Å². The van der Waals surface area contributed by atoms with E-state index in [4.69, 9.17) is 9.47 Å². The predicted molar refractivity (Wildman–Crippen MR) is 77.9 cm³/mol. The second kappa shape index (κ2) is 5.54. The third kappa shape index (κ3) is 2.62. The van der Waals surface area contributed by atoms with Crippen LogP contribution in [0.4, 0.5) is 11.5 Å². The summed E-state index contributed by atoms with van der Waals surface area (Å²) in [6, 6.07) is 5.52. The number of halogens is 1. The molecule has 104 valence electrons. The molecule has 2 N–H and O–H groups in total. The molecule has 0 spiro atoms. The largest absolute Gasteiger partial charge is 0.490 e. The maximum absolute atomic E-state index is 11.5. The van der Waals surface area contributed by atoms with Crippen molar-refractivity contribution in [2.45, 2.75) is 6.42 Å². The molecule has 3 rings (SSSR count). The summed E-state index contributed by atoms with van der Waals surface area (Å²) in [5, 5.41) is 3.07. The number of anilines is 2. The molecule has 0 amide bonds. The van der Waals surface area contributed by atoms with E-state index in [1.165, 1.54) is 6.33 Å². The van der Waals surface area contributed by atoms with Crippen molar-refractivity contribution in [3.05, 3.63) is 39.4 Å². The van der Waals surface area contributed by atoms with Crippen molar-refractivity contribution in [2.75, 3.05) is 18.5 Å². The van der Waals surface area contributed by atoms with Crippen LogP contribution in [0.5, 0.6) is 11.5 Å². The van der Waals surface area contributed by atoms with E-state index in [0.717, 1.165) is 17.9 Å². The van der Waals surface area contributed by atoms with E-state index < -0.39 is 0 Å². The molecular formula is C13H12BrN3O3. The van der Waals surface area contributed by atoms with Crippen LogP contribution in [0.15, 0.2) is 33.8 Å². The van der Waals surface area contributed by atoms with Gasteiger partial charge in [0.05, 0.1) is 19.5 Å². The van der Waals surface area contributed by atoms with Gasteiger partial charge in [-0.15, -0.1) is 0 Å². The molecule has 20 heavy (non-hydrogen) atoms. The second-order valence-corrected chi connectivity index (χ2v) is 5.02. The van der Waals surface area contributed by atoms with Crippen molar-refractivity contribution in [3.8, 4) is 11.5 Å². The van der Waals surface area contributed by atoms with Crippen molar-refractivity contribution < 1.29 is 9.47 Å². The fourth-order valence-corrected chi connectivity index (χ4v) is 2.16. The van der Waals surface area contributed by atoms with Gasteiger partial charge in [-0.05, 0) is 28.1 Å². The quantitative estimate of drug-likeness (QED) is 0.880. The summed E-state index contributed by atoms with van der Waals surface area (Å²) in [4.78, 5) is 18.0. The highest BCUT2D eigenvalue weighted by molar-refractivity contribution is 9.10. The first-order valence-corrected chi connectivity index (χ1v) is 6.93. The zero-order chi connectivity index (χ0) is 13.9. The third-order valence-electron chi connectivity index (χ3n) is 2.81. The zero-order valence-corrected chi connectivity index (χ0v) is 12.1. The molecular weight excluding hydrogens is 326 g/mol. The molecule has 0 radical (unpaired) electrons. The molecule has 0 aliphatic carbocycles. The van der Waals surface area contributed by atoms with Crippen molar-refractivity contribution in [3.63, 3.8) is 0 Å². The van der Waals surface area contributed by atoms with Crippen molar-refractivity contribution in [2.24, 2.45) is 0 Å². The fourth-order valence-electron chi connectivity index (χ4n) is 1.85. The van der Waals surface area contributed by atoms with Crippen LogP contribution in [0.1, 0.15) is 6.42 Å². The van der Waals surface area contributed by atoms with E-state index >= 15 is 0 Å². The number of fused-ring (bicyclic) bond motifs is 1. The fraction of sp³-hybridized carbons (Fsp3) is 0.231. The van der Waals surface area contributed by atoms with E-state index in [1.54, 1.807) is 0 Å². The smallest absolute Gasteiger partial charge is 0.267 e. The molecule has 7 heteroatoms. The van der Waals surface area contributed by atoms with Gasteiger partial charge in [-0.25, -0.2) is 4.98 Å². The molecule has 0 saturated carbocycles. The monoisotopic (exact) mass is 337 g/mol. The molecule has 0 unspecified atom stereocenters. The normalized spacial score (nSPS) is 13.7. The lowest BCUT2D eigenvalue weighted by Crippen LogP contribution is -2.10. The zero-order valence-electron chi connectivity index (χ0n) is 10.5. The van der Waals surface area contributed by atoms with Gasteiger partial charge in [0.1, 0.15) is 4.47 Å². The Morgan fingerprint density at radius 1 is 1.25 bits per heavy atom. The summed E-state index contributed by atoms with van der Waals surface area (Å²) in [6.07, 6.45) is 2.21. The van der Waals surface area contributed by atoms with Crippen LogP contribution in [0, 0.1) is 0 Å².